The van der Waals surface area contributed by atoms with Gasteiger partial charge >= 0.3 is 0 Å². The molecule has 2 unspecified atom stereocenters. The minimum absolute atomic E-state index is 0.478. The number of rotatable bonds is 5. The Kier molecular flexibility index (Phi) is 5.58. The van der Waals surface area contributed by atoms with Crippen LogP contribution in [-0.2, 0) is 6.54 Å². The van der Waals surface area contributed by atoms with E-state index in [2.05, 4.69) is 36.2 Å². The minimum atomic E-state index is 0.478. The molecule has 0 saturated carbocycles. The van der Waals surface area contributed by atoms with E-state index >= 15 is 0 Å². The van der Waals surface area contributed by atoms with Crippen LogP contribution in [0.4, 0.5) is 0 Å². The van der Waals surface area contributed by atoms with Crippen LogP contribution in [0.15, 0.2) is 24.3 Å². The minimum Gasteiger partial charge on any atom is -0.309 e. The number of nitrogens with zero attached hydrogens (tertiary/aromatic N) is 2. The van der Waals surface area contributed by atoms with E-state index < -0.39 is 0 Å². The average molecular weight is 271 g/mol. The molecule has 108 valence electrons. The lowest BCUT2D eigenvalue weighted by Gasteiger charge is -2.33. The summed E-state index contributed by atoms with van der Waals surface area (Å²) < 4.78 is 0. The number of hydrogen-bond donors (Lipinski definition) is 1. The predicted octanol–water partition coefficient (Wildman–Crippen LogP) is 2.77. The van der Waals surface area contributed by atoms with E-state index in [1.807, 2.05) is 18.2 Å². The van der Waals surface area contributed by atoms with Crippen molar-refractivity contribution in [2.24, 2.45) is 5.92 Å². The maximum absolute atomic E-state index is 8.90. The van der Waals surface area contributed by atoms with Crippen LogP contribution in [0.25, 0.3) is 0 Å². The molecule has 2 rings (SSSR count). The number of benzene rings is 1. The monoisotopic (exact) mass is 271 g/mol. The number of hydrogen-bond acceptors (Lipinski definition) is 3. The van der Waals surface area contributed by atoms with Gasteiger partial charge in [0.05, 0.1) is 11.6 Å². The molecule has 1 N–H and O–H groups in total. The fraction of sp³-hybridized carbons (Fsp3) is 0.588. The Morgan fingerprint density at radius 1 is 1.50 bits per heavy atom. The molecule has 20 heavy (non-hydrogen) atoms. The van der Waals surface area contributed by atoms with Crippen LogP contribution in [0.5, 0.6) is 0 Å². The molecule has 1 aliphatic heterocycles. The van der Waals surface area contributed by atoms with Gasteiger partial charge in [0.1, 0.15) is 0 Å². The lowest BCUT2D eigenvalue weighted by molar-refractivity contribution is 0.169. The van der Waals surface area contributed by atoms with Gasteiger partial charge in [0.2, 0.25) is 0 Å². The van der Waals surface area contributed by atoms with Crippen molar-refractivity contribution in [2.75, 3.05) is 19.6 Å². The zero-order valence-electron chi connectivity index (χ0n) is 12.6. The Morgan fingerprint density at radius 2 is 2.35 bits per heavy atom. The fourth-order valence-corrected chi connectivity index (χ4v) is 2.95. The van der Waals surface area contributed by atoms with E-state index in [9.17, 15) is 0 Å². The van der Waals surface area contributed by atoms with Crippen molar-refractivity contribution in [3.05, 3.63) is 35.4 Å². The van der Waals surface area contributed by atoms with Crippen molar-refractivity contribution in [2.45, 2.75) is 39.3 Å². The SMILES string of the molecule is CC1CCCN(CC(C)NCc2cccc(C#N)c2)C1. The molecule has 3 heteroatoms. The third kappa shape index (κ3) is 4.63. The second kappa shape index (κ2) is 7.42. The smallest absolute Gasteiger partial charge is 0.0991 e. The highest BCUT2D eigenvalue weighted by Crippen LogP contribution is 2.15. The molecule has 0 radical (unpaired) electrons. The molecule has 1 saturated heterocycles. The van der Waals surface area contributed by atoms with Gasteiger partial charge in [0, 0.05) is 25.7 Å². The van der Waals surface area contributed by atoms with E-state index in [4.69, 9.17) is 5.26 Å². The molecule has 3 nitrogen and oxygen atoms in total. The van der Waals surface area contributed by atoms with Gasteiger partial charge in [0.25, 0.3) is 0 Å². The normalized spacial score (nSPS) is 21.4. The molecule has 1 fully saturated rings. The van der Waals surface area contributed by atoms with E-state index in [1.165, 1.54) is 31.5 Å². The van der Waals surface area contributed by atoms with E-state index in [0.29, 0.717) is 6.04 Å². The van der Waals surface area contributed by atoms with Crippen LogP contribution in [0.1, 0.15) is 37.8 Å². The summed E-state index contributed by atoms with van der Waals surface area (Å²) in [6.07, 6.45) is 2.71. The van der Waals surface area contributed by atoms with Crippen LogP contribution in [0.2, 0.25) is 0 Å². The van der Waals surface area contributed by atoms with E-state index in [0.717, 1.165) is 24.6 Å². The van der Waals surface area contributed by atoms with Crippen LogP contribution in [0.3, 0.4) is 0 Å². The van der Waals surface area contributed by atoms with Gasteiger partial charge in [0.15, 0.2) is 0 Å². The van der Waals surface area contributed by atoms with Crippen LogP contribution >= 0.6 is 0 Å². The fourth-order valence-electron chi connectivity index (χ4n) is 2.95. The van der Waals surface area contributed by atoms with Gasteiger partial charge in [-0.05, 0) is 49.9 Å². The van der Waals surface area contributed by atoms with Gasteiger partial charge in [-0.25, -0.2) is 0 Å². The van der Waals surface area contributed by atoms with Gasteiger partial charge < -0.3 is 10.2 Å². The largest absolute Gasteiger partial charge is 0.309 e. The first-order valence-corrected chi connectivity index (χ1v) is 7.62. The Morgan fingerprint density at radius 3 is 3.10 bits per heavy atom. The molecule has 1 heterocycles. The molecule has 0 amide bonds. The highest BCUT2D eigenvalue weighted by atomic mass is 15.2. The highest BCUT2D eigenvalue weighted by Gasteiger charge is 2.17. The summed E-state index contributed by atoms with van der Waals surface area (Å²) in [6, 6.07) is 10.5. The molecule has 2 atom stereocenters. The molecule has 1 aromatic rings. The molecule has 1 aromatic carbocycles. The molecule has 0 spiro atoms. The molecule has 0 bridgehead atoms. The third-order valence-corrected chi connectivity index (χ3v) is 3.98. The van der Waals surface area contributed by atoms with Crippen molar-refractivity contribution in [3.63, 3.8) is 0 Å². The predicted molar refractivity (Wildman–Crippen MR) is 82.3 cm³/mol. The van der Waals surface area contributed by atoms with Crippen molar-refractivity contribution < 1.29 is 0 Å². The van der Waals surface area contributed by atoms with Crippen molar-refractivity contribution in [3.8, 4) is 6.07 Å². The average Bonchev–Trinajstić information content (AvgIpc) is 2.45. The maximum atomic E-state index is 8.90. The van der Waals surface area contributed by atoms with E-state index in [-0.39, 0.29) is 0 Å². The number of nitriles is 1. The summed E-state index contributed by atoms with van der Waals surface area (Å²) in [6.45, 7) is 9.00. The van der Waals surface area contributed by atoms with Crippen LogP contribution in [0, 0.1) is 17.2 Å². The first kappa shape index (κ1) is 15.0. The van der Waals surface area contributed by atoms with Crippen molar-refractivity contribution in [1.82, 2.24) is 10.2 Å². The van der Waals surface area contributed by atoms with Crippen molar-refractivity contribution >= 4 is 0 Å². The van der Waals surface area contributed by atoms with Crippen LogP contribution in [-0.4, -0.2) is 30.6 Å². The van der Waals surface area contributed by atoms with Gasteiger partial charge in [-0.2, -0.15) is 5.26 Å². The lowest BCUT2D eigenvalue weighted by atomic mass is 10.00. The number of nitrogens with one attached hydrogen (secondary N) is 1. The van der Waals surface area contributed by atoms with Crippen molar-refractivity contribution in [1.29, 1.82) is 5.26 Å². The Balaban J connectivity index is 1.77. The summed E-state index contributed by atoms with van der Waals surface area (Å²) in [5, 5.41) is 12.5. The summed E-state index contributed by atoms with van der Waals surface area (Å²) in [4.78, 5) is 2.57. The van der Waals surface area contributed by atoms with Gasteiger partial charge in [-0.15, -0.1) is 0 Å². The van der Waals surface area contributed by atoms with Crippen LogP contribution < -0.4 is 5.32 Å². The summed E-state index contributed by atoms with van der Waals surface area (Å²) in [7, 11) is 0. The number of piperidine rings is 1. The summed E-state index contributed by atoms with van der Waals surface area (Å²) in [5.41, 5.74) is 1.92. The zero-order chi connectivity index (χ0) is 14.4. The first-order chi connectivity index (χ1) is 9.67. The molecular formula is C17H25N3. The molecule has 1 aliphatic rings. The van der Waals surface area contributed by atoms with E-state index in [1.54, 1.807) is 0 Å². The highest BCUT2D eigenvalue weighted by molar-refractivity contribution is 5.32. The summed E-state index contributed by atoms with van der Waals surface area (Å²) >= 11 is 0. The van der Waals surface area contributed by atoms with Gasteiger partial charge in [-0.3, -0.25) is 0 Å². The molecular weight excluding hydrogens is 246 g/mol. The second-order valence-electron chi connectivity index (χ2n) is 6.10. The maximum Gasteiger partial charge on any atom is 0.0991 e. The zero-order valence-corrected chi connectivity index (χ0v) is 12.6. The molecule has 0 aromatic heterocycles. The Bertz CT molecular complexity index is 464. The Hall–Kier alpha value is -1.37. The first-order valence-electron chi connectivity index (χ1n) is 7.62. The Labute approximate surface area is 122 Å². The summed E-state index contributed by atoms with van der Waals surface area (Å²) in [5.74, 6) is 0.836. The number of likely N-dealkylation sites (tertiary alicyclic amines) is 1. The second-order valence-corrected chi connectivity index (χ2v) is 6.10. The third-order valence-electron chi connectivity index (χ3n) is 3.98. The lowest BCUT2D eigenvalue weighted by Crippen LogP contribution is -2.43. The quantitative estimate of drug-likeness (QED) is 0.895. The standard InChI is InChI=1S/C17H25N3/c1-14-5-4-8-20(12-14)13-15(2)19-11-17-7-3-6-16(9-17)10-18/h3,6-7,9,14-15,19H,4-5,8,11-13H2,1-2H3. The molecule has 0 aliphatic carbocycles. The topological polar surface area (TPSA) is 39.1 Å². The van der Waals surface area contributed by atoms with Gasteiger partial charge in [-0.1, -0.05) is 19.1 Å².